The molecule has 0 bridgehead atoms. The van der Waals surface area contributed by atoms with Crippen molar-refractivity contribution >= 4 is 0 Å². The van der Waals surface area contributed by atoms with E-state index in [2.05, 4.69) is 13.2 Å². The minimum absolute atomic E-state index is 0.351. The van der Waals surface area contributed by atoms with Crippen molar-refractivity contribution in [1.82, 2.24) is 0 Å². The van der Waals surface area contributed by atoms with Crippen LogP contribution in [0.1, 0.15) is 0 Å². The SMILES string of the molecule is C=C(F)/C=C\C(=C)CN. The van der Waals surface area contributed by atoms with Crippen LogP contribution >= 0.6 is 0 Å². The van der Waals surface area contributed by atoms with Crippen LogP contribution in [0.25, 0.3) is 0 Å². The number of allylic oxidation sites excluding steroid dienone is 2. The van der Waals surface area contributed by atoms with E-state index in [-0.39, 0.29) is 0 Å². The molecule has 0 aromatic rings. The largest absolute Gasteiger partial charge is 0.327 e. The lowest BCUT2D eigenvalue weighted by atomic mass is 10.3. The van der Waals surface area contributed by atoms with Gasteiger partial charge in [0.25, 0.3) is 0 Å². The second-order valence-electron chi connectivity index (χ2n) is 1.64. The molecular formula is C7H10FN. The molecule has 0 saturated heterocycles. The zero-order chi connectivity index (χ0) is 7.28. The lowest BCUT2D eigenvalue weighted by molar-refractivity contribution is 0.671. The van der Waals surface area contributed by atoms with Crippen molar-refractivity contribution in [3.05, 3.63) is 36.7 Å². The molecule has 0 spiro atoms. The Hall–Kier alpha value is -0.890. The van der Waals surface area contributed by atoms with Crippen molar-refractivity contribution in [2.75, 3.05) is 6.54 Å². The van der Waals surface area contributed by atoms with Crippen LogP contribution in [0.3, 0.4) is 0 Å². The molecular weight excluding hydrogens is 117 g/mol. The summed E-state index contributed by atoms with van der Waals surface area (Å²) in [4.78, 5) is 0. The van der Waals surface area contributed by atoms with Crippen LogP contribution in [-0.2, 0) is 0 Å². The lowest BCUT2D eigenvalue weighted by Gasteiger charge is -1.88. The van der Waals surface area contributed by atoms with Gasteiger partial charge in [-0.1, -0.05) is 19.2 Å². The van der Waals surface area contributed by atoms with E-state index in [4.69, 9.17) is 5.73 Å². The topological polar surface area (TPSA) is 26.0 Å². The Morgan fingerprint density at radius 3 is 2.33 bits per heavy atom. The van der Waals surface area contributed by atoms with E-state index in [1.54, 1.807) is 0 Å². The van der Waals surface area contributed by atoms with Crippen molar-refractivity contribution in [3.8, 4) is 0 Å². The Balaban J connectivity index is 3.71. The molecule has 0 radical (unpaired) electrons. The summed E-state index contributed by atoms with van der Waals surface area (Å²) >= 11 is 0. The predicted molar refractivity (Wildman–Crippen MR) is 37.6 cm³/mol. The maximum absolute atomic E-state index is 11.8. The minimum Gasteiger partial charge on any atom is -0.327 e. The highest BCUT2D eigenvalue weighted by Gasteiger charge is 1.81. The van der Waals surface area contributed by atoms with Gasteiger partial charge >= 0.3 is 0 Å². The van der Waals surface area contributed by atoms with Crippen LogP contribution in [0, 0.1) is 0 Å². The minimum atomic E-state index is -0.482. The molecule has 0 heterocycles. The van der Waals surface area contributed by atoms with Gasteiger partial charge in [-0.15, -0.1) is 0 Å². The van der Waals surface area contributed by atoms with E-state index < -0.39 is 5.83 Å². The molecule has 0 aliphatic rings. The molecule has 0 aliphatic carbocycles. The van der Waals surface area contributed by atoms with E-state index in [0.717, 1.165) is 0 Å². The maximum atomic E-state index is 11.8. The first-order valence-corrected chi connectivity index (χ1v) is 2.57. The van der Waals surface area contributed by atoms with Gasteiger partial charge in [0.05, 0.1) is 0 Å². The van der Waals surface area contributed by atoms with E-state index in [1.807, 2.05) is 0 Å². The van der Waals surface area contributed by atoms with Crippen LogP contribution in [0.5, 0.6) is 0 Å². The molecule has 0 fully saturated rings. The molecule has 0 aliphatic heterocycles. The number of hydrogen-bond donors (Lipinski definition) is 1. The zero-order valence-electron chi connectivity index (χ0n) is 5.23. The molecule has 1 nitrogen and oxygen atoms in total. The summed E-state index contributed by atoms with van der Waals surface area (Å²) in [5, 5.41) is 0. The first-order valence-electron chi connectivity index (χ1n) is 2.57. The lowest BCUT2D eigenvalue weighted by Crippen LogP contribution is -1.98. The second kappa shape index (κ2) is 4.04. The maximum Gasteiger partial charge on any atom is 0.116 e. The van der Waals surface area contributed by atoms with Gasteiger partial charge < -0.3 is 5.73 Å². The van der Waals surface area contributed by atoms with Crippen LogP contribution in [0.4, 0.5) is 4.39 Å². The van der Waals surface area contributed by atoms with Crippen molar-refractivity contribution in [1.29, 1.82) is 0 Å². The zero-order valence-corrected chi connectivity index (χ0v) is 5.23. The van der Waals surface area contributed by atoms with Crippen LogP contribution in [-0.4, -0.2) is 6.54 Å². The van der Waals surface area contributed by atoms with Gasteiger partial charge in [-0.3, -0.25) is 0 Å². The fraction of sp³-hybridized carbons (Fsp3) is 0.143. The third kappa shape index (κ3) is 4.97. The van der Waals surface area contributed by atoms with Gasteiger partial charge in [0.2, 0.25) is 0 Å². The first kappa shape index (κ1) is 8.11. The van der Waals surface area contributed by atoms with Crippen LogP contribution < -0.4 is 5.73 Å². The average Bonchev–Trinajstić information content (AvgIpc) is 1.83. The second-order valence-corrected chi connectivity index (χ2v) is 1.64. The summed E-state index contributed by atoms with van der Waals surface area (Å²) in [6.07, 6.45) is 2.73. The molecule has 9 heavy (non-hydrogen) atoms. The monoisotopic (exact) mass is 127 g/mol. The highest BCUT2D eigenvalue weighted by atomic mass is 19.1. The van der Waals surface area contributed by atoms with Gasteiger partial charge in [0.1, 0.15) is 5.83 Å². The quantitative estimate of drug-likeness (QED) is 0.572. The summed E-state index contributed by atoms with van der Waals surface area (Å²) in [5.74, 6) is -0.482. The molecule has 2 heteroatoms. The molecule has 2 N–H and O–H groups in total. The van der Waals surface area contributed by atoms with E-state index in [9.17, 15) is 4.39 Å². The van der Waals surface area contributed by atoms with Crippen molar-refractivity contribution in [2.45, 2.75) is 0 Å². The Labute approximate surface area is 54.4 Å². The van der Waals surface area contributed by atoms with E-state index in [0.29, 0.717) is 12.1 Å². The van der Waals surface area contributed by atoms with Gasteiger partial charge in [0, 0.05) is 6.54 Å². The molecule has 0 rings (SSSR count). The molecule has 0 saturated carbocycles. The van der Waals surface area contributed by atoms with Crippen molar-refractivity contribution in [3.63, 3.8) is 0 Å². The Morgan fingerprint density at radius 1 is 1.44 bits per heavy atom. The molecule has 0 unspecified atom stereocenters. The summed E-state index contributed by atoms with van der Waals surface area (Å²) < 4.78 is 11.8. The fourth-order valence-corrected chi connectivity index (χ4v) is 0.276. The summed E-state index contributed by atoms with van der Waals surface area (Å²) in [5.41, 5.74) is 5.84. The van der Waals surface area contributed by atoms with Gasteiger partial charge in [0.15, 0.2) is 0 Å². The smallest absolute Gasteiger partial charge is 0.116 e. The molecule has 0 aromatic carbocycles. The summed E-state index contributed by atoms with van der Waals surface area (Å²) in [7, 11) is 0. The molecule has 0 aromatic heterocycles. The third-order valence-electron chi connectivity index (χ3n) is 0.762. The van der Waals surface area contributed by atoms with Gasteiger partial charge in [-0.2, -0.15) is 0 Å². The van der Waals surface area contributed by atoms with E-state index >= 15 is 0 Å². The number of rotatable bonds is 3. The Kier molecular flexibility index (Phi) is 3.64. The van der Waals surface area contributed by atoms with Crippen LogP contribution in [0.2, 0.25) is 0 Å². The summed E-state index contributed by atoms with van der Waals surface area (Å²) in [6.45, 7) is 6.90. The standard InChI is InChI=1S/C7H10FN/c1-6(5-9)3-4-7(2)8/h3-4H,1-2,5,9H2/b4-3-. The normalized spacial score (nSPS) is 10.0. The molecule has 0 atom stereocenters. The number of nitrogens with two attached hydrogens (primary N) is 1. The van der Waals surface area contributed by atoms with Crippen LogP contribution in [0.15, 0.2) is 36.7 Å². The van der Waals surface area contributed by atoms with Gasteiger partial charge in [-0.05, 0) is 11.6 Å². The third-order valence-corrected chi connectivity index (χ3v) is 0.762. The molecule has 0 amide bonds. The van der Waals surface area contributed by atoms with Crippen molar-refractivity contribution < 1.29 is 4.39 Å². The highest BCUT2D eigenvalue weighted by molar-refractivity contribution is 5.21. The number of hydrogen-bond acceptors (Lipinski definition) is 1. The summed E-state index contributed by atoms with van der Waals surface area (Å²) in [6, 6.07) is 0. The molecule has 50 valence electrons. The fourth-order valence-electron chi connectivity index (χ4n) is 0.276. The highest BCUT2D eigenvalue weighted by Crippen LogP contribution is 1.96. The Bertz CT molecular complexity index is 147. The van der Waals surface area contributed by atoms with E-state index in [1.165, 1.54) is 12.2 Å². The average molecular weight is 127 g/mol. The van der Waals surface area contributed by atoms with Gasteiger partial charge in [-0.25, -0.2) is 4.39 Å². The Morgan fingerprint density at radius 2 is 2.00 bits per heavy atom. The predicted octanol–water partition coefficient (Wildman–Crippen LogP) is 1.54. The van der Waals surface area contributed by atoms with Crippen molar-refractivity contribution in [2.24, 2.45) is 5.73 Å². The first-order chi connectivity index (χ1) is 4.16. The number of halogens is 1.